The molecule has 1 aromatic rings. The highest BCUT2D eigenvalue weighted by Gasteiger charge is 2.34. The SMILES string of the molecule is COc1ccc2c(c1)CC(C(C)(C)O)O2. The number of hydrogen-bond acceptors (Lipinski definition) is 3. The molecule has 1 aliphatic rings. The number of fused-ring (bicyclic) bond motifs is 1. The highest BCUT2D eigenvalue weighted by Crippen LogP contribution is 2.35. The first-order valence-corrected chi connectivity index (χ1v) is 5.06. The van der Waals surface area contributed by atoms with Crippen LogP contribution in [-0.2, 0) is 6.42 Å². The molecule has 0 spiro atoms. The molecule has 1 aliphatic heterocycles. The van der Waals surface area contributed by atoms with Gasteiger partial charge in [0.25, 0.3) is 0 Å². The minimum Gasteiger partial charge on any atom is -0.497 e. The summed E-state index contributed by atoms with van der Waals surface area (Å²) in [6.07, 6.45) is 0.565. The summed E-state index contributed by atoms with van der Waals surface area (Å²) in [4.78, 5) is 0. The molecule has 1 heterocycles. The molecule has 1 N–H and O–H groups in total. The van der Waals surface area contributed by atoms with Crippen molar-refractivity contribution in [3.05, 3.63) is 23.8 Å². The number of benzene rings is 1. The maximum Gasteiger partial charge on any atom is 0.131 e. The third kappa shape index (κ3) is 1.92. The Balaban J connectivity index is 2.24. The van der Waals surface area contributed by atoms with Crippen LogP contribution < -0.4 is 9.47 Å². The van der Waals surface area contributed by atoms with Crippen molar-refractivity contribution < 1.29 is 14.6 Å². The Morgan fingerprint density at radius 3 is 2.80 bits per heavy atom. The van der Waals surface area contributed by atoms with Gasteiger partial charge >= 0.3 is 0 Å². The zero-order chi connectivity index (χ0) is 11.1. The monoisotopic (exact) mass is 208 g/mol. The van der Waals surface area contributed by atoms with Gasteiger partial charge in [-0.2, -0.15) is 0 Å². The van der Waals surface area contributed by atoms with Crippen molar-refractivity contribution in [3.8, 4) is 11.5 Å². The molecule has 0 radical (unpaired) electrons. The molecule has 0 amide bonds. The van der Waals surface area contributed by atoms with E-state index in [0.717, 1.165) is 23.5 Å². The van der Waals surface area contributed by atoms with Crippen molar-refractivity contribution in [1.82, 2.24) is 0 Å². The predicted molar refractivity (Wildman–Crippen MR) is 57.4 cm³/mol. The number of aliphatic hydroxyl groups is 1. The normalized spacial score (nSPS) is 19.6. The van der Waals surface area contributed by atoms with Gasteiger partial charge in [-0.05, 0) is 32.0 Å². The minimum atomic E-state index is -0.813. The number of methoxy groups -OCH3 is 1. The average Bonchev–Trinajstić information content (AvgIpc) is 2.59. The van der Waals surface area contributed by atoms with Crippen molar-refractivity contribution in [1.29, 1.82) is 0 Å². The van der Waals surface area contributed by atoms with Crippen LogP contribution in [0.2, 0.25) is 0 Å². The van der Waals surface area contributed by atoms with Crippen LogP contribution in [-0.4, -0.2) is 23.9 Å². The van der Waals surface area contributed by atoms with Crippen molar-refractivity contribution in [2.45, 2.75) is 32.0 Å². The Morgan fingerprint density at radius 2 is 2.20 bits per heavy atom. The van der Waals surface area contributed by atoms with E-state index in [9.17, 15) is 5.11 Å². The zero-order valence-corrected chi connectivity index (χ0v) is 9.28. The molecule has 0 bridgehead atoms. The molecule has 0 saturated heterocycles. The van der Waals surface area contributed by atoms with Gasteiger partial charge in [-0.15, -0.1) is 0 Å². The lowest BCUT2D eigenvalue weighted by Gasteiger charge is -2.24. The second-order valence-electron chi connectivity index (χ2n) is 4.44. The lowest BCUT2D eigenvalue weighted by atomic mass is 9.97. The van der Waals surface area contributed by atoms with E-state index in [0.29, 0.717) is 0 Å². The number of rotatable bonds is 2. The minimum absolute atomic E-state index is 0.167. The lowest BCUT2D eigenvalue weighted by molar-refractivity contribution is -0.0229. The first kappa shape index (κ1) is 10.3. The van der Waals surface area contributed by atoms with E-state index in [1.165, 1.54) is 0 Å². The molecule has 1 unspecified atom stereocenters. The summed E-state index contributed by atoms with van der Waals surface area (Å²) >= 11 is 0. The van der Waals surface area contributed by atoms with Crippen LogP contribution in [0.25, 0.3) is 0 Å². The summed E-state index contributed by atoms with van der Waals surface area (Å²) in [5, 5.41) is 9.86. The molecule has 2 rings (SSSR count). The zero-order valence-electron chi connectivity index (χ0n) is 9.28. The second kappa shape index (κ2) is 3.42. The van der Waals surface area contributed by atoms with Gasteiger partial charge in [-0.1, -0.05) is 0 Å². The Bertz CT molecular complexity index is 366. The molecule has 3 nitrogen and oxygen atoms in total. The molecule has 0 saturated carbocycles. The summed E-state index contributed by atoms with van der Waals surface area (Å²) in [6.45, 7) is 3.53. The van der Waals surface area contributed by atoms with Gasteiger partial charge in [0.15, 0.2) is 0 Å². The van der Waals surface area contributed by atoms with E-state index in [4.69, 9.17) is 9.47 Å². The molecule has 0 aliphatic carbocycles. The largest absolute Gasteiger partial charge is 0.497 e. The molecule has 0 aromatic heterocycles. The van der Waals surface area contributed by atoms with Gasteiger partial charge < -0.3 is 14.6 Å². The molecule has 0 fully saturated rings. The molecule has 15 heavy (non-hydrogen) atoms. The quantitative estimate of drug-likeness (QED) is 0.805. The lowest BCUT2D eigenvalue weighted by Crippen LogP contribution is -2.39. The molecule has 82 valence electrons. The summed E-state index contributed by atoms with van der Waals surface area (Å²) in [5.41, 5.74) is 0.285. The van der Waals surface area contributed by atoms with Gasteiger partial charge in [-0.25, -0.2) is 0 Å². The fourth-order valence-corrected chi connectivity index (χ4v) is 1.75. The fourth-order valence-electron chi connectivity index (χ4n) is 1.75. The first-order valence-electron chi connectivity index (χ1n) is 5.06. The van der Waals surface area contributed by atoms with E-state index in [1.807, 2.05) is 18.2 Å². The van der Waals surface area contributed by atoms with Gasteiger partial charge in [0.05, 0.1) is 12.7 Å². The van der Waals surface area contributed by atoms with Crippen LogP contribution in [0, 0.1) is 0 Å². The Labute approximate surface area is 89.6 Å². The molecular weight excluding hydrogens is 192 g/mol. The molecular formula is C12H16O3. The van der Waals surface area contributed by atoms with Gasteiger partial charge in [0.2, 0.25) is 0 Å². The highest BCUT2D eigenvalue weighted by atomic mass is 16.5. The van der Waals surface area contributed by atoms with Crippen LogP contribution in [0.1, 0.15) is 19.4 Å². The van der Waals surface area contributed by atoms with Crippen LogP contribution in [0.15, 0.2) is 18.2 Å². The highest BCUT2D eigenvalue weighted by molar-refractivity contribution is 5.43. The standard InChI is InChI=1S/C12H16O3/c1-12(2,13)11-7-8-6-9(14-3)4-5-10(8)15-11/h4-6,11,13H,7H2,1-3H3. The average molecular weight is 208 g/mol. The third-order valence-corrected chi connectivity index (χ3v) is 2.73. The fraction of sp³-hybridized carbons (Fsp3) is 0.500. The van der Waals surface area contributed by atoms with Gasteiger partial charge in [0, 0.05) is 12.0 Å². The van der Waals surface area contributed by atoms with E-state index in [2.05, 4.69) is 0 Å². The summed E-state index contributed by atoms with van der Waals surface area (Å²) in [5.74, 6) is 1.68. The first-order chi connectivity index (χ1) is 7.00. The Kier molecular flexibility index (Phi) is 2.35. The van der Waals surface area contributed by atoms with E-state index in [-0.39, 0.29) is 6.10 Å². The smallest absolute Gasteiger partial charge is 0.131 e. The van der Waals surface area contributed by atoms with E-state index >= 15 is 0 Å². The predicted octanol–water partition coefficient (Wildman–Crippen LogP) is 1.77. The van der Waals surface area contributed by atoms with Crippen LogP contribution in [0.3, 0.4) is 0 Å². The molecule has 3 heteroatoms. The number of hydrogen-bond donors (Lipinski definition) is 1. The molecule has 1 aromatic carbocycles. The third-order valence-electron chi connectivity index (χ3n) is 2.73. The van der Waals surface area contributed by atoms with Gasteiger partial charge in [-0.3, -0.25) is 0 Å². The maximum atomic E-state index is 9.86. The van der Waals surface area contributed by atoms with Crippen LogP contribution in [0.4, 0.5) is 0 Å². The van der Waals surface area contributed by atoms with Crippen LogP contribution in [0.5, 0.6) is 11.5 Å². The van der Waals surface area contributed by atoms with Crippen molar-refractivity contribution in [2.75, 3.05) is 7.11 Å². The Morgan fingerprint density at radius 1 is 1.47 bits per heavy atom. The topological polar surface area (TPSA) is 38.7 Å². The summed E-state index contributed by atoms with van der Waals surface area (Å²) < 4.78 is 10.8. The van der Waals surface area contributed by atoms with Crippen molar-refractivity contribution >= 4 is 0 Å². The number of ether oxygens (including phenoxy) is 2. The van der Waals surface area contributed by atoms with E-state index in [1.54, 1.807) is 21.0 Å². The van der Waals surface area contributed by atoms with Gasteiger partial charge in [0.1, 0.15) is 17.6 Å². The van der Waals surface area contributed by atoms with Crippen molar-refractivity contribution in [2.24, 2.45) is 0 Å². The maximum absolute atomic E-state index is 9.86. The second-order valence-corrected chi connectivity index (χ2v) is 4.44. The summed E-state index contributed by atoms with van der Waals surface area (Å²) in [7, 11) is 1.64. The Hall–Kier alpha value is -1.22. The van der Waals surface area contributed by atoms with Crippen LogP contribution >= 0.6 is 0 Å². The van der Waals surface area contributed by atoms with E-state index < -0.39 is 5.60 Å². The van der Waals surface area contributed by atoms with Crippen molar-refractivity contribution in [3.63, 3.8) is 0 Å². The summed E-state index contributed by atoms with van der Waals surface area (Å²) in [6, 6.07) is 5.71. The molecule has 1 atom stereocenters.